The molecular weight excluding hydrogens is 286 g/mol. The van der Waals surface area contributed by atoms with E-state index >= 15 is 0 Å². The van der Waals surface area contributed by atoms with Gasteiger partial charge in [-0.15, -0.1) is 0 Å². The van der Waals surface area contributed by atoms with Gasteiger partial charge >= 0.3 is 0 Å². The van der Waals surface area contributed by atoms with Crippen LogP contribution in [0.5, 0.6) is 0 Å². The van der Waals surface area contributed by atoms with Crippen molar-refractivity contribution >= 4 is 12.0 Å². The number of benzene rings is 1. The highest BCUT2D eigenvalue weighted by atomic mass is 16.2. The number of nitrogens with two attached hydrogens (primary N) is 1. The molecule has 126 valence electrons. The Labute approximate surface area is 140 Å². The summed E-state index contributed by atoms with van der Waals surface area (Å²) in [5, 5.41) is 0. The highest BCUT2D eigenvalue weighted by molar-refractivity contribution is 5.81. The Bertz CT molecular complexity index is 505. The molecule has 2 rings (SSSR count). The molecule has 0 aliphatic carbocycles. The molecule has 4 nitrogen and oxygen atoms in total. The summed E-state index contributed by atoms with van der Waals surface area (Å²) in [6.07, 6.45) is 5.10. The molecule has 1 saturated heterocycles. The zero-order chi connectivity index (χ0) is 16.7. The standard InChI is InChI=1S/C19H29N3O/c1-16(2)15-18(20)19(23)22-13-11-21(12-14-22)10-6-9-17-7-4-3-5-8-17/h3-9,16,18H,10-15,20H2,1-2H3/t18-/m0/s1. The number of carbonyl (C=O) groups is 1. The van der Waals surface area contributed by atoms with Gasteiger partial charge in [0.25, 0.3) is 0 Å². The van der Waals surface area contributed by atoms with E-state index < -0.39 is 0 Å². The monoisotopic (exact) mass is 315 g/mol. The van der Waals surface area contributed by atoms with Crippen LogP contribution in [0.15, 0.2) is 36.4 Å². The van der Waals surface area contributed by atoms with Gasteiger partial charge in [0.05, 0.1) is 6.04 Å². The summed E-state index contributed by atoms with van der Waals surface area (Å²) in [5.74, 6) is 0.566. The minimum absolute atomic E-state index is 0.109. The summed E-state index contributed by atoms with van der Waals surface area (Å²) in [5.41, 5.74) is 7.24. The summed E-state index contributed by atoms with van der Waals surface area (Å²) in [6.45, 7) is 8.52. The minimum Gasteiger partial charge on any atom is -0.339 e. The molecule has 1 atom stereocenters. The second-order valence-electron chi connectivity index (χ2n) is 6.67. The van der Waals surface area contributed by atoms with Crippen molar-refractivity contribution in [2.24, 2.45) is 11.7 Å². The molecule has 0 unspecified atom stereocenters. The van der Waals surface area contributed by atoms with Crippen LogP contribution in [0, 0.1) is 5.92 Å². The molecule has 1 aromatic rings. The molecule has 1 aliphatic heterocycles. The molecule has 2 N–H and O–H groups in total. The topological polar surface area (TPSA) is 49.6 Å². The number of hydrogen-bond donors (Lipinski definition) is 1. The predicted molar refractivity (Wildman–Crippen MR) is 95.9 cm³/mol. The van der Waals surface area contributed by atoms with Crippen LogP contribution in [-0.4, -0.2) is 54.5 Å². The quantitative estimate of drug-likeness (QED) is 0.876. The van der Waals surface area contributed by atoms with Crippen LogP contribution in [0.1, 0.15) is 25.8 Å². The lowest BCUT2D eigenvalue weighted by molar-refractivity contribution is -0.134. The van der Waals surface area contributed by atoms with Crippen molar-refractivity contribution in [2.75, 3.05) is 32.7 Å². The van der Waals surface area contributed by atoms with Gasteiger partial charge in [0.2, 0.25) is 5.91 Å². The zero-order valence-corrected chi connectivity index (χ0v) is 14.3. The van der Waals surface area contributed by atoms with Gasteiger partial charge < -0.3 is 10.6 Å². The average molecular weight is 315 g/mol. The van der Waals surface area contributed by atoms with Crippen molar-refractivity contribution in [3.8, 4) is 0 Å². The first-order valence-electron chi connectivity index (χ1n) is 8.54. The lowest BCUT2D eigenvalue weighted by atomic mass is 10.0. The summed E-state index contributed by atoms with van der Waals surface area (Å²) >= 11 is 0. The summed E-state index contributed by atoms with van der Waals surface area (Å²) in [7, 11) is 0. The van der Waals surface area contributed by atoms with Crippen molar-refractivity contribution in [1.29, 1.82) is 0 Å². The van der Waals surface area contributed by atoms with Crippen molar-refractivity contribution in [2.45, 2.75) is 26.3 Å². The maximum Gasteiger partial charge on any atom is 0.239 e. The molecule has 1 amide bonds. The van der Waals surface area contributed by atoms with E-state index in [-0.39, 0.29) is 11.9 Å². The van der Waals surface area contributed by atoms with Crippen molar-refractivity contribution in [3.05, 3.63) is 42.0 Å². The number of hydrogen-bond acceptors (Lipinski definition) is 3. The number of nitrogens with zero attached hydrogens (tertiary/aromatic N) is 2. The Morgan fingerprint density at radius 1 is 1.17 bits per heavy atom. The molecule has 23 heavy (non-hydrogen) atoms. The number of rotatable bonds is 6. The first kappa shape index (κ1) is 17.7. The van der Waals surface area contributed by atoms with E-state index in [1.54, 1.807) is 0 Å². The maximum absolute atomic E-state index is 12.3. The van der Waals surface area contributed by atoms with Gasteiger partial charge in [-0.2, -0.15) is 0 Å². The molecule has 1 heterocycles. The lowest BCUT2D eigenvalue weighted by Crippen LogP contribution is -2.53. The maximum atomic E-state index is 12.3. The fourth-order valence-corrected chi connectivity index (χ4v) is 2.90. The highest BCUT2D eigenvalue weighted by Crippen LogP contribution is 2.09. The normalized spacial score (nSPS) is 17.8. The predicted octanol–water partition coefficient (Wildman–Crippen LogP) is 2.22. The number of carbonyl (C=O) groups excluding carboxylic acids is 1. The SMILES string of the molecule is CC(C)C[C@H](N)C(=O)N1CCN(CC=Cc2ccccc2)CC1. The Morgan fingerprint density at radius 3 is 2.43 bits per heavy atom. The Balaban J connectivity index is 1.73. The van der Waals surface area contributed by atoms with Crippen LogP contribution >= 0.6 is 0 Å². The fourth-order valence-electron chi connectivity index (χ4n) is 2.90. The van der Waals surface area contributed by atoms with Crippen LogP contribution in [0.3, 0.4) is 0 Å². The molecule has 1 fully saturated rings. The third kappa shape index (κ3) is 5.81. The minimum atomic E-state index is -0.348. The van der Waals surface area contributed by atoms with E-state index in [4.69, 9.17) is 5.73 Å². The number of piperazine rings is 1. The molecular formula is C19H29N3O. The lowest BCUT2D eigenvalue weighted by Gasteiger charge is -2.35. The Morgan fingerprint density at radius 2 is 1.83 bits per heavy atom. The van der Waals surface area contributed by atoms with Gasteiger partial charge in [-0.3, -0.25) is 9.69 Å². The highest BCUT2D eigenvalue weighted by Gasteiger charge is 2.25. The first-order chi connectivity index (χ1) is 11.1. The molecule has 0 radical (unpaired) electrons. The van der Waals surface area contributed by atoms with E-state index in [1.807, 2.05) is 23.1 Å². The zero-order valence-electron chi connectivity index (χ0n) is 14.3. The number of amides is 1. The van der Waals surface area contributed by atoms with Crippen LogP contribution in [0.2, 0.25) is 0 Å². The third-order valence-electron chi connectivity index (χ3n) is 4.20. The largest absolute Gasteiger partial charge is 0.339 e. The van der Waals surface area contributed by atoms with Gasteiger partial charge in [-0.1, -0.05) is 56.3 Å². The van der Waals surface area contributed by atoms with Crippen LogP contribution < -0.4 is 5.73 Å². The van der Waals surface area contributed by atoms with Crippen molar-refractivity contribution in [3.63, 3.8) is 0 Å². The van der Waals surface area contributed by atoms with E-state index in [1.165, 1.54) is 5.56 Å². The second kappa shape index (κ2) is 8.85. The molecule has 0 spiro atoms. The molecule has 0 bridgehead atoms. The summed E-state index contributed by atoms with van der Waals surface area (Å²) in [6, 6.07) is 9.97. The van der Waals surface area contributed by atoms with Gasteiger partial charge in [0.15, 0.2) is 0 Å². The molecule has 0 saturated carbocycles. The average Bonchev–Trinajstić information content (AvgIpc) is 2.55. The fraction of sp³-hybridized carbons (Fsp3) is 0.526. The van der Waals surface area contributed by atoms with E-state index in [2.05, 4.69) is 43.0 Å². The van der Waals surface area contributed by atoms with Crippen LogP contribution in [0.25, 0.3) is 6.08 Å². The molecule has 1 aromatic carbocycles. The first-order valence-corrected chi connectivity index (χ1v) is 8.54. The van der Waals surface area contributed by atoms with Gasteiger partial charge in [-0.05, 0) is 17.9 Å². The summed E-state index contributed by atoms with van der Waals surface area (Å²) < 4.78 is 0. The molecule has 0 aromatic heterocycles. The van der Waals surface area contributed by atoms with E-state index in [0.717, 1.165) is 39.1 Å². The molecule has 1 aliphatic rings. The van der Waals surface area contributed by atoms with Crippen LogP contribution in [0.4, 0.5) is 0 Å². The van der Waals surface area contributed by atoms with Gasteiger partial charge in [0, 0.05) is 32.7 Å². The second-order valence-corrected chi connectivity index (χ2v) is 6.67. The van der Waals surface area contributed by atoms with E-state index in [9.17, 15) is 4.79 Å². The van der Waals surface area contributed by atoms with E-state index in [0.29, 0.717) is 5.92 Å². The van der Waals surface area contributed by atoms with Crippen molar-refractivity contribution in [1.82, 2.24) is 9.80 Å². The van der Waals surface area contributed by atoms with Crippen molar-refractivity contribution < 1.29 is 4.79 Å². The Hall–Kier alpha value is -1.65. The van der Waals surface area contributed by atoms with Gasteiger partial charge in [0.1, 0.15) is 0 Å². The third-order valence-corrected chi connectivity index (χ3v) is 4.20. The molecule has 4 heteroatoms. The van der Waals surface area contributed by atoms with Crippen LogP contribution in [-0.2, 0) is 4.79 Å². The summed E-state index contributed by atoms with van der Waals surface area (Å²) in [4.78, 5) is 16.6. The Kier molecular flexibility index (Phi) is 6.81. The van der Waals surface area contributed by atoms with Gasteiger partial charge in [-0.25, -0.2) is 0 Å². The smallest absolute Gasteiger partial charge is 0.239 e.